The van der Waals surface area contributed by atoms with Crippen LogP contribution in [-0.2, 0) is 17.4 Å². The third-order valence-corrected chi connectivity index (χ3v) is 5.14. The van der Waals surface area contributed by atoms with Crippen molar-refractivity contribution in [2.45, 2.75) is 25.6 Å². The highest BCUT2D eigenvalue weighted by molar-refractivity contribution is 6.04. The van der Waals surface area contributed by atoms with E-state index in [4.69, 9.17) is 0 Å². The number of hydrogen-bond donors (Lipinski definition) is 1. The smallest absolute Gasteiger partial charge is 0.340 e. The fourth-order valence-corrected chi connectivity index (χ4v) is 3.66. The van der Waals surface area contributed by atoms with Gasteiger partial charge in [-0.2, -0.15) is 18.3 Å². The van der Waals surface area contributed by atoms with Gasteiger partial charge in [0.1, 0.15) is 11.9 Å². The van der Waals surface area contributed by atoms with Crippen LogP contribution in [0.3, 0.4) is 0 Å². The predicted octanol–water partition coefficient (Wildman–Crippen LogP) is 3.60. The highest BCUT2D eigenvalue weighted by atomic mass is 19.4. The first-order valence-electron chi connectivity index (χ1n) is 9.71. The number of aromatic nitrogens is 2. The molecule has 160 valence electrons. The lowest BCUT2D eigenvalue weighted by Gasteiger charge is -2.32. The Morgan fingerprint density at radius 2 is 1.90 bits per heavy atom. The fourth-order valence-electron chi connectivity index (χ4n) is 3.66. The van der Waals surface area contributed by atoms with Crippen LogP contribution in [0.1, 0.15) is 28.4 Å². The van der Waals surface area contributed by atoms with Gasteiger partial charge in [0.15, 0.2) is 0 Å². The number of carbonyl (C=O) groups excluding carboxylic acids is 2. The molecule has 0 spiro atoms. The number of nitrogens with one attached hydrogen (secondary N) is 1. The lowest BCUT2D eigenvalue weighted by Crippen LogP contribution is -2.53. The average molecular weight is 428 g/mol. The van der Waals surface area contributed by atoms with Crippen LogP contribution in [0.2, 0.25) is 0 Å². The van der Waals surface area contributed by atoms with Crippen LogP contribution in [0.15, 0.2) is 60.8 Å². The number of fused-ring (bicyclic) bond motifs is 1. The van der Waals surface area contributed by atoms with E-state index >= 15 is 0 Å². The number of halogens is 3. The molecule has 0 bridgehead atoms. The molecule has 1 aliphatic rings. The van der Waals surface area contributed by atoms with Crippen LogP contribution < -0.4 is 10.2 Å². The molecule has 1 aromatic heterocycles. The van der Waals surface area contributed by atoms with Crippen molar-refractivity contribution in [2.24, 2.45) is 0 Å². The van der Waals surface area contributed by atoms with E-state index in [2.05, 4.69) is 10.4 Å². The van der Waals surface area contributed by atoms with Gasteiger partial charge in [-0.1, -0.05) is 24.3 Å². The maximum atomic E-state index is 13.1. The number of likely N-dealkylation sites (N-methyl/N-ethyl adjacent to an activating group) is 1. The van der Waals surface area contributed by atoms with Crippen molar-refractivity contribution in [1.82, 2.24) is 15.1 Å². The van der Waals surface area contributed by atoms with Gasteiger partial charge in [-0.15, -0.1) is 0 Å². The van der Waals surface area contributed by atoms with Gasteiger partial charge in [0.25, 0.3) is 11.8 Å². The van der Waals surface area contributed by atoms with Gasteiger partial charge < -0.3 is 5.32 Å². The lowest BCUT2D eigenvalue weighted by molar-refractivity contribution is -0.137. The first-order valence-corrected chi connectivity index (χ1v) is 9.71. The van der Waals surface area contributed by atoms with Gasteiger partial charge in [0.05, 0.1) is 17.4 Å². The molecule has 1 N–H and O–H groups in total. The van der Waals surface area contributed by atoms with E-state index in [0.717, 1.165) is 23.4 Å². The zero-order valence-electron chi connectivity index (χ0n) is 16.6. The first kappa shape index (κ1) is 20.6. The van der Waals surface area contributed by atoms with Crippen LogP contribution in [0, 0.1) is 0 Å². The summed E-state index contributed by atoms with van der Waals surface area (Å²) in [7, 11) is 0. The van der Waals surface area contributed by atoms with Crippen LogP contribution in [0.25, 0.3) is 5.69 Å². The number of hydrogen-bond acceptors (Lipinski definition) is 3. The Kier molecular flexibility index (Phi) is 5.26. The molecule has 0 radical (unpaired) electrons. The van der Waals surface area contributed by atoms with Crippen molar-refractivity contribution in [2.75, 3.05) is 11.4 Å². The second-order valence-electron chi connectivity index (χ2n) is 7.13. The molecule has 1 atom stereocenters. The van der Waals surface area contributed by atoms with Gasteiger partial charge in [-0.25, -0.2) is 4.68 Å². The molecular weight excluding hydrogens is 409 g/mol. The standard InChI is InChI=1S/C22H19F3N4O2/c1-2-28-20-15(13-26-29(20)17-9-4-3-5-10-17)12-18(21(28)31)27-19(30)14-7-6-8-16(11-14)22(23,24)25/h3-11,13,18H,2,12H2,1H3,(H,27,30)/t18-/m0/s1. The number of carbonyl (C=O) groups is 2. The molecule has 0 unspecified atom stereocenters. The van der Waals surface area contributed by atoms with Crippen LogP contribution in [0.4, 0.5) is 19.0 Å². The molecule has 2 aromatic carbocycles. The molecule has 0 saturated heterocycles. The minimum Gasteiger partial charge on any atom is -0.340 e. The number of amides is 2. The minimum atomic E-state index is -4.56. The molecule has 6 nitrogen and oxygen atoms in total. The van der Waals surface area contributed by atoms with Gasteiger partial charge in [-0.3, -0.25) is 14.5 Å². The summed E-state index contributed by atoms with van der Waals surface area (Å²) in [5.74, 6) is -0.448. The predicted molar refractivity (Wildman–Crippen MR) is 108 cm³/mol. The minimum absolute atomic E-state index is 0.156. The average Bonchev–Trinajstić information content (AvgIpc) is 3.18. The third-order valence-electron chi connectivity index (χ3n) is 5.14. The molecule has 4 rings (SSSR count). The molecule has 31 heavy (non-hydrogen) atoms. The van der Waals surface area contributed by atoms with Gasteiger partial charge in [-0.05, 0) is 37.3 Å². The van der Waals surface area contributed by atoms with Gasteiger partial charge >= 0.3 is 6.18 Å². The Hall–Kier alpha value is -3.62. The second kappa shape index (κ2) is 7.90. The van der Waals surface area contributed by atoms with E-state index in [1.54, 1.807) is 17.8 Å². The van der Waals surface area contributed by atoms with E-state index < -0.39 is 23.7 Å². The highest BCUT2D eigenvalue weighted by Crippen LogP contribution is 2.31. The van der Waals surface area contributed by atoms with E-state index in [1.807, 2.05) is 30.3 Å². The summed E-state index contributed by atoms with van der Waals surface area (Å²) in [4.78, 5) is 27.2. The summed E-state index contributed by atoms with van der Waals surface area (Å²) in [5.41, 5.74) is 0.481. The summed E-state index contributed by atoms with van der Waals surface area (Å²) in [6.45, 7) is 2.15. The Morgan fingerprint density at radius 3 is 2.58 bits per heavy atom. The normalized spacial score (nSPS) is 16.2. The van der Waals surface area contributed by atoms with E-state index in [0.29, 0.717) is 12.4 Å². The van der Waals surface area contributed by atoms with Crippen molar-refractivity contribution in [3.8, 4) is 5.69 Å². The summed E-state index contributed by atoms with van der Waals surface area (Å²) >= 11 is 0. The largest absolute Gasteiger partial charge is 0.416 e. The van der Waals surface area contributed by atoms with Crippen molar-refractivity contribution >= 4 is 17.6 Å². The van der Waals surface area contributed by atoms with Crippen molar-refractivity contribution < 1.29 is 22.8 Å². The Balaban J connectivity index is 1.61. The monoisotopic (exact) mass is 428 g/mol. The molecule has 2 heterocycles. The Labute approximate surface area is 176 Å². The molecule has 0 fully saturated rings. The summed E-state index contributed by atoms with van der Waals surface area (Å²) < 4.78 is 40.5. The molecular formula is C22H19F3N4O2. The highest BCUT2D eigenvalue weighted by Gasteiger charge is 2.37. The lowest BCUT2D eigenvalue weighted by atomic mass is 10.0. The number of para-hydroxylation sites is 1. The molecule has 2 amide bonds. The summed E-state index contributed by atoms with van der Waals surface area (Å²) in [6.07, 6.45) is -2.72. The van der Waals surface area contributed by atoms with Crippen LogP contribution in [-0.4, -0.2) is 34.2 Å². The zero-order valence-corrected chi connectivity index (χ0v) is 16.6. The van der Waals surface area contributed by atoms with Gasteiger partial charge in [0, 0.05) is 24.1 Å². The van der Waals surface area contributed by atoms with Crippen LogP contribution >= 0.6 is 0 Å². The van der Waals surface area contributed by atoms with E-state index in [-0.39, 0.29) is 17.9 Å². The van der Waals surface area contributed by atoms with E-state index in [1.165, 1.54) is 17.0 Å². The van der Waals surface area contributed by atoms with Crippen molar-refractivity contribution in [1.29, 1.82) is 0 Å². The Morgan fingerprint density at radius 1 is 1.16 bits per heavy atom. The number of benzene rings is 2. The van der Waals surface area contributed by atoms with Gasteiger partial charge in [0.2, 0.25) is 0 Å². The number of anilines is 1. The maximum absolute atomic E-state index is 13.1. The summed E-state index contributed by atoms with van der Waals surface area (Å²) in [5, 5.41) is 6.98. The third kappa shape index (κ3) is 3.90. The Bertz CT molecular complexity index is 1130. The molecule has 9 heteroatoms. The quantitative estimate of drug-likeness (QED) is 0.691. The van der Waals surface area contributed by atoms with E-state index in [9.17, 15) is 22.8 Å². The maximum Gasteiger partial charge on any atom is 0.416 e. The van der Waals surface area contributed by atoms with Crippen molar-refractivity contribution in [3.05, 3.63) is 77.5 Å². The fraction of sp³-hybridized carbons (Fsp3) is 0.227. The first-order chi connectivity index (χ1) is 14.8. The SMILES string of the molecule is CCN1C(=O)[C@@H](NC(=O)c2cccc(C(F)(F)F)c2)Cc2cnn(-c3ccccc3)c21. The number of rotatable bonds is 4. The molecule has 1 aliphatic heterocycles. The number of alkyl halides is 3. The van der Waals surface area contributed by atoms with Crippen LogP contribution in [0.5, 0.6) is 0 Å². The topological polar surface area (TPSA) is 67.2 Å². The molecule has 3 aromatic rings. The number of nitrogens with zero attached hydrogens (tertiary/aromatic N) is 3. The second-order valence-corrected chi connectivity index (χ2v) is 7.13. The molecule has 0 saturated carbocycles. The summed E-state index contributed by atoms with van der Waals surface area (Å²) in [6, 6.07) is 12.6. The zero-order chi connectivity index (χ0) is 22.2. The van der Waals surface area contributed by atoms with Crippen molar-refractivity contribution in [3.63, 3.8) is 0 Å². The molecule has 0 aliphatic carbocycles.